The molecule has 3 aromatic carbocycles. The van der Waals surface area contributed by atoms with Gasteiger partial charge < -0.3 is 19.7 Å². The summed E-state index contributed by atoms with van der Waals surface area (Å²) in [6, 6.07) is 14.1. The van der Waals surface area contributed by atoms with Crippen molar-refractivity contribution in [1.29, 1.82) is 0 Å². The van der Waals surface area contributed by atoms with E-state index in [1.807, 2.05) is 19.9 Å². The average molecular weight is 600 g/mol. The fraction of sp³-hybridized carbons (Fsp3) is 0.355. The summed E-state index contributed by atoms with van der Waals surface area (Å²) >= 11 is 0. The van der Waals surface area contributed by atoms with Crippen molar-refractivity contribution in [3.63, 3.8) is 0 Å². The molecule has 0 fully saturated rings. The molecule has 0 aliphatic rings. The Bertz CT molecular complexity index is 1520. The number of carbonyl (C=O) groups excluding carboxylic acids is 2. The smallest absolute Gasteiger partial charge is 0.264 e. The molecule has 0 radical (unpaired) electrons. The molecule has 0 aliphatic heterocycles. The molecule has 11 heteroatoms. The molecule has 2 amide bonds. The maximum Gasteiger partial charge on any atom is 0.264 e. The number of amides is 2. The molecule has 9 nitrogen and oxygen atoms in total. The first kappa shape index (κ1) is 32.4. The van der Waals surface area contributed by atoms with Gasteiger partial charge in [-0.25, -0.2) is 12.8 Å². The Morgan fingerprint density at radius 1 is 0.905 bits per heavy atom. The molecule has 0 saturated carbocycles. The number of anilines is 1. The van der Waals surface area contributed by atoms with Gasteiger partial charge in [0.15, 0.2) is 11.5 Å². The van der Waals surface area contributed by atoms with E-state index in [0.717, 1.165) is 15.4 Å². The van der Waals surface area contributed by atoms with E-state index in [-0.39, 0.29) is 34.5 Å². The number of nitrogens with zero attached hydrogens (tertiary/aromatic N) is 2. The lowest BCUT2D eigenvalue weighted by atomic mass is 10.1. The van der Waals surface area contributed by atoms with Gasteiger partial charge in [0.05, 0.1) is 24.8 Å². The zero-order valence-corrected chi connectivity index (χ0v) is 25.8. The van der Waals surface area contributed by atoms with Crippen molar-refractivity contribution in [1.82, 2.24) is 10.2 Å². The fourth-order valence-corrected chi connectivity index (χ4v) is 5.94. The molecular formula is C31H38FN3O6S. The van der Waals surface area contributed by atoms with Crippen LogP contribution in [0.15, 0.2) is 65.6 Å². The quantitative estimate of drug-likeness (QED) is 0.326. The van der Waals surface area contributed by atoms with Crippen LogP contribution in [0.5, 0.6) is 11.5 Å². The van der Waals surface area contributed by atoms with Crippen molar-refractivity contribution >= 4 is 27.5 Å². The van der Waals surface area contributed by atoms with Gasteiger partial charge in [-0.1, -0.05) is 24.3 Å². The Kier molecular flexibility index (Phi) is 10.6. The lowest BCUT2D eigenvalue weighted by molar-refractivity contribution is -0.139. The Morgan fingerprint density at radius 3 is 2.10 bits per heavy atom. The highest BCUT2D eigenvalue weighted by atomic mass is 32.2. The van der Waals surface area contributed by atoms with E-state index in [9.17, 15) is 22.4 Å². The van der Waals surface area contributed by atoms with Crippen LogP contribution < -0.4 is 19.1 Å². The molecule has 3 rings (SSSR count). The molecule has 0 aromatic heterocycles. The number of halogens is 1. The maximum absolute atomic E-state index is 14.7. The minimum atomic E-state index is -4.34. The first-order chi connectivity index (χ1) is 19.8. The van der Waals surface area contributed by atoms with Crippen LogP contribution in [0.1, 0.15) is 37.5 Å². The number of methoxy groups -OCH3 is 2. The summed E-state index contributed by atoms with van der Waals surface area (Å²) in [7, 11) is -1.51. The predicted octanol–water partition coefficient (Wildman–Crippen LogP) is 4.60. The van der Waals surface area contributed by atoms with E-state index >= 15 is 0 Å². The van der Waals surface area contributed by atoms with Gasteiger partial charge in [0.25, 0.3) is 10.0 Å². The van der Waals surface area contributed by atoms with Gasteiger partial charge in [0.1, 0.15) is 18.4 Å². The normalized spacial score (nSPS) is 12.0. The van der Waals surface area contributed by atoms with Gasteiger partial charge in [0, 0.05) is 24.2 Å². The fourth-order valence-electron chi connectivity index (χ4n) is 4.53. The van der Waals surface area contributed by atoms with Crippen LogP contribution in [-0.4, -0.2) is 58.0 Å². The van der Waals surface area contributed by atoms with Crippen LogP contribution in [0.25, 0.3) is 0 Å². The lowest BCUT2D eigenvalue weighted by Crippen LogP contribution is -2.52. The summed E-state index contributed by atoms with van der Waals surface area (Å²) in [6.45, 7) is 7.85. The lowest BCUT2D eigenvalue weighted by Gasteiger charge is -2.32. The highest BCUT2D eigenvalue weighted by Crippen LogP contribution is 2.33. The zero-order valence-electron chi connectivity index (χ0n) is 25.0. The molecule has 226 valence electrons. The average Bonchev–Trinajstić information content (AvgIpc) is 2.93. The van der Waals surface area contributed by atoms with Crippen molar-refractivity contribution in [3.05, 3.63) is 83.2 Å². The first-order valence-corrected chi connectivity index (χ1v) is 14.9. The minimum absolute atomic E-state index is 0.127. The van der Waals surface area contributed by atoms with Crippen LogP contribution in [0.2, 0.25) is 0 Å². The van der Waals surface area contributed by atoms with Crippen LogP contribution >= 0.6 is 0 Å². The Hall–Kier alpha value is -4.12. The van der Waals surface area contributed by atoms with E-state index in [1.165, 1.54) is 62.4 Å². The third-order valence-corrected chi connectivity index (χ3v) is 8.38. The van der Waals surface area contributed by atoms with E-state index in [2.05, 4.69) is 5.32 Å². The summed E-state index contributed by atoms with van der Waals surface area (Å²) in [5.74, 6) is -1.14. The number of hydrogen-bond acceptors (Lipinski definition) is 6. The number of sulfonamides is 1. The Balaban J connectivity index is 2.12. The molecule has 0 unspecified atom stereocenters. The number of hydrogen-bond donors (Lipinski definition) is 1. The second kappa shape index (κ2) is 13.7. The van der Waals surface area contributed by atoms with Crippen LogP contribution in [0, 0.1) is 19.7 Å². The van der Waals surface area contributed by atoms with E-state index in [1.54, 1.807) is 32.0 Å². The van der Waals surface area contributed by atoms with Crippen LogP contribution in [0.3, 0.4) is 0 Å². The van der Waals surface area contributed by atoms with Crippen molar-refractivity contribution in [2.45, 2.75) is 58.1 Å². The summed E-state index contributed by atoms with van der Waals surface area (Å²) in [4.78, 5) is 28.1. The third-order valence-electron chi connectivity index (χ3n) is 6.61. The first-order valence-electron chi connectivity index (χ1n) is 13.4. The van der Waals surface area contributed by atoms with E-state index in [0.29, 0.717) is 5.75 Å². The number of benzene rings is 3. The molecule has 0 bridgehead atoms. The summed E-state index contributed by atoms with van der Waals surface area (Å²) in [5, 5.41) is 2.77. The molecular weight excluding hydrogens is 561 g/mol. The van der Waals surface area contributed by atoms with E-state index in [4.69, 9.17) is 9.47 Å². The summed E-state index contributed by atoms with van der Waals surface area (Å²) in [6.07, 6.45) is 0. The van der Waals surface area contributed by atoms with E-state index < -0.39 is 40.2 Å². The number of rotatable bonds is 12. The predicted molar refractivity (Wildman–Crippen MR) is 160 cm³/mol. The second-order valence-corrected chi connectivity index (χ2v) is 12.2. The SMILES string of the molecule is COc1ccc(S(=O)(=O)N(CC(=O)N(Cc2ccccc2F)[C@H](C)C(=O)NC(C)C)c2cc(C)cc(C)c2)cc1OC. The molecule has 0 heterocycles. The van der Waals surface area contributed by atoms with Crippen molar-refractivity contribution in [2.24, 2.45) is 0 Å². The molecule has 1 N–H and O–H groups in total. The molecule has 0 spiro atoms. The van der Waals surface area contributed by atoms with Gasteiger partial charge in [0.2, 0.25) is 11.8 Å². The minimum Gasteiger partial charge on any atom is -0.493 e. The molecule has 0 aliphatic carbocycles. The van der Waals surface area contributed by atoms with Crippen molar-refractivity contribution < 1.29 is 31.9 Å². The molecule has 1 atom stereocenters. The van der Waals surface area contributed by atoms with Gasteiger partial charge in [-0.2, -0.15) is 0 Å². The van der Waals surface area contributed by atoms with Crippen molar-refractivity contribution in [3.8, 4) is 11.5 Å². The van der Waals surface area contributed by atoms with Gasteiger partial charge in [-0.05, 0) is 76.1 Å². The standard InChI is InChI=1S/C31H38FN3O6S/c1-20(2)33-31(37)23(5)34(18-24-10-8-9-11-27(24)32)30(36)19-35(25-15-21(3)14-22(4)16-25)42(38,39)26-12-13-28(40-6)29(17-26)41-7/h8-17,20,23H,18-19H2,1-7H3,(H,33,37)/t23-/m1/s1. The third kappa shape index (κ3) is 7.58. The monoisotopic (exact) mass is 599 g/mol. The number of nitrogens with one attached hydrogen (secondary N) is 1. The topological polar surface area (TPSA) is 105 Å². The zero-order chi connectivity index (χ0) is 31.2. The summed E-state index contributed by atoms with van der Waals surface area (Å²) < 4.78 is 54.6. The Morgan fingerprint density at radius 2 is 1.52 bits per heavy atom. The number of carbonyl (C=O) groups is 2. The van der Waals surface area contributed by atoms with Crippen molar-refractivity contribution in [2.75, 3.05) is 25.1 Å². The van der Waals surface area contributed by atoms with Crippen LogP contribution in [0.4, 0.5) is 10.1 Å². The maximum atomic E-state index is 14.7. The number of aryl methyl sites for hydroxylation is 2. The summed E-state index contributed by atoms with van der Waals surface area (Å²) in [5.41, 5.74) is 2.03. The largest absolute Gasteiger partial charge is 0.493 e. The molecule has 42 heavy (non-hydrogen) atoms. The molecule has 0 saturated heterocycles. The van der Waals surface area contributed by atoms with Gasteiger partial charge in [-0.15, -0.1) is 0 Å². The molecule has 3 aromatic rings. The highest BCUT2D eigenvalue weighted by molar-refractivity contribution is 7.92. The number of ether oxygens (including phenoxy) is 2. The van der Waals surface area contributed by atoms with Gasteiger partial charge >= 0.3 is 0 Å². The van der Waals surface area contributed by atoms with Gasteiger partial charge in [-0.3, -0.25) is 13.9 Å². The Labute approximate surface area is 247 Å². The second-order valence-electron chi connectivity index (χ2n) is 10.3. The highest BCUT2D eigenvalue weighted by Gasteiger charge is 2.33. The van der Waals surface area contributed by atoms with Crippen LogP contribution in [-0.2, 0) is 26.2 Å².